The molecule has 0 spiro atoms. The molecule has 1 aliphatic rings. The van der Waals surface area contributed by atoms with E-state index >= 15 is 0 Å². The van der Waals surface area contributed by atoms with Gasteiger partial charge in [-0.25, -0.2) is 26.4 Å². The number of aromatic nitrogens is 1. The molecule has 2 rings (SSSR count). The normalized spacial score (nSPS) is 21.6. The van der Waals surface area contributed by atoms with Crippen LogP contribution in [0.15, 0.2) is 28.6 Å². The highest BCUT2D eigenvalue weighted by Gasteiger charge is 2.27. The lowest BCUT2D eigenvalue weighted by molar-refractivity contribution is 0.0691. The van der Waals surface area contributed by atoms with Gasteiger partial charge in [0.15, 0.2) is 9.84 Å². The molecule has 0 amide bonds. The largest absolute Gasteiger partial charge is 0.477 e. The molecule has 104 valence electrons. The Morgan fingerprint density at radius 2 is 2.16 bits per heavy atom. The number of sulfone groups is 1. The molecule has 0 aliphatic carbocycles. The van der Waals surface area contributed by atoms with Gasteiger partial charge in [0.25, 0.3) is 0 Å². The first-order chi connectivity index (χ1) is 8.70. The van der Waals surface area contributed by atoms with Crippen molar-refractivity contribution in [1.29, 1.82) is 0 Å². The second-order valence-corrected chi connectivity index (χ2v) is 7.59. The Kier molecular flexibility index (Phi) is 3.24. The Morgan fingerprint density at radius 3 is 2.63 bits per heavy atom. The van der Waals surface area contributed by atoms with Crippen molar-refractivity contribution in [1.82, 2.24) is 9.71 Å². The van der Waals surface area contributed by atoms with Crippen LogP contribution >= 0.6 is 0 Å². The number of carboxylic acid groups (broad SMARTS) is 1. The molecular formula is C9H10N2O6S2. The second-order valence-electron chi connectivity index (χ2n) is 3.94. The van der Waals surface area contributed by atoms with E-state index in [1.165, 1.54) is 6.08 Å². The van der Waals surface area contributed by atoms with E-state index in [2.05, 4.69) is 9.71 Å². The molecule has 0 fully saturated rings. The highest BCUT2D eigenvalue weighted by atomic mass is 32.2. The summed E-state index contributed by atoms with van der Waals surface area (Å²) in [6.45, 7) is 0. The molecular weight excluding hydrogens is 296 g/mol. The van der Waals surface area contributed by atoms with Gasteiger partial charge in [0.2, 0.25) is 10.0 Å². The number of aromatic amines is 1. The van der Waals surface area contributed by atoms with Crippen LogP contribution in [0.25, 0.3) is 0 Å². The Bertz CT molecular complexity index is 743. The molecule has 1 unspecified atom stereocenters. The second kappa shape index (κ2) is 4.47. The van der Waals surface area contributed by atoms with Gasteiger partial charge < -0.3 is 10.1 Å². The van der Waals surface area contributed by atoms with Crippen molar-refractivity contribution in [3.05, 3.63) is 29.4 Å². The molecule has 8 nitrogen and oxygen atoms in total. The van der Waals surface area contributed by atoms with Crippen molar-refractivity contribution >= 4 is 25.8 Å². The minimum absolute atomic E-state index is 0.261. The fourth-order valence-electron chi connectivity index (χ4n) is 1.57. The summed E-state index contributed by atoms with van der Waals surface area (Å²) in [4.78, 5) is 12.7. The van der Waals surface area contributed by atoms with Gasteiger partial charge in [-0.3, -0.25) is 0 Å². The zero-order valence-electron chi connectivity index (χ0n) is 9.40. The van der Waals surface area contributed by atoms with Crippen LogP contribution in [0.3, 0.4) is 0 Å². The number of sulfonamides is 1. The molecule has 2 heterocycles. The zero-order chi connectivity index (χ0) is 14.3. The predicted molar refractivity (Wildman–Crippen MR) is 64.8 cm³/mol. The van der Waals surface area contributed by atoms with E-state index in [1.54, 1.807) is 0 Å². The van der Waals surface area contributed by atoms with Crippen molar-refractivity contribution < 1.29 is 26.7 Å². The van der Waals surface area contributed by atoms with E-state index in [0.29, 0.717) is 0 Å². The number of hydrogen-bond donors (Lipinski definition) is 3. The fraction of sp³-hybridized carbons (Fsp3) is 0.222. The quantitative estimate of drug-likeness (QED) is 0.673. The molecule has 1 atom stereocenters. The van der Waals surface area contributed by atoms with Gasteiger partial charge in [-0.1, -0.05) is 6.08 Å². The summed E-state index contributed by atoms with van der Waals surface area (Å²) in [5, 5.41) is 9.62. The maximum absolute atomic E-state index is 11.9. The van der Waals surface area contributed by atoms with Crippen molar-refractivity contribution in [3.63, 3.8) is 0 Å². The Hall–Kier alpha value is -1.65. The van der Waals surface area contributed by atoms with Crippen LogP contribution in [0.1, 0.15) is 10.5 Å². The van der Waals surface area contributed by atoms with Gasteiger partial charge in [0.05, 0.1) is 11.8 Å². The van der Waals surface area contributed by atoms with Crippen LogP contribution in [0, 0.1) is 0 Å². The fourth-order valence-corrected chi connectivity index (χ4v) is 4.09. The maximum atomic E-state index is 11.9. The van der Waals surface area contributed by atoms with Crippen LogP contribution < -0.4 is 4.72 Å². The van der Waals surface area contributed by atoms with E-state index in [4.69, 9.17) is 5.11 Å². The number of carbonyl (C=O) groups is 1. The van der Waals surface area contributed by atoms with Crippen LogP contribution in [0.5, 0.6) is 0 Å². The third-order valence-electron chi connectivity index (χ3n) is 2.43. The summed E-state index contributed by atoms with van der Waals surface area (Å²) in [7, 11) is -7.33. The number of carboxylic acids is 1. The van der Waals surface area contributed by atoms with Gasteiger partial charge in [-0.05, 0) is 6.07 Å². The molecule has 0 aromatic carbocycles. The molecule has 0 saturated carbocycles. The molecule has 1 aliphatic heterocycles. The van der Waals surface area contributed by atoms with Crippen LogP contribution in [-0.4, -0.2) is 44.7 Å². The third kappa shape index (κ3) is 3.03. The van der Waals surface area contributed by atoms with Gasteiger partial charge in [0, 0.05) is 11.6 Å². The molecule has 3 N–H and O–H groups in total. The summed E-state index contributed by atoms with van der Waals surface area (Å²) < 4.78 is 48.2. The molecule has 1 aromatic heterocycles. The number of hydrogen-bond acceptors (Lipinski definition) is 5. The van der Waals surface area contributed by atoms with Crippen molar-refractivity contribution in [2.45, 2.75) is 10.9 Å². The van der Waals surface area contributed by atoms with Gasteiger partial charge in [-0.2, -0.15) is 0 Å². The van der Waals surface area contributed by atoms with Gasteiger partial charge >= 0.3 is 5.97 Å². The lowest BCUT2D eigenvalue weighted by Crippen LogP contribution is -2.35. The van der Waals surface area contributed by atoms with E-state index in [1.807, 2.05) is 0 Å². The summed E-state index contributed by atoms with van der Waals surface area (Å²) in [5.74, 6) is -1.63. The zero-order valence-corrected chi connectivity index (χ0v) is 11.0. The smallest absolute Gasteiger partial charge is 0.352 e. The Morgan fingerprint density at radius 1 is 1.47 bits per heavy atom. The van der Waals surface area contributed by atoms with Crippen LogP contribution in [-0.2, 0) is 19.9 Å². The first-order valence-electron chi connectivity index (χ1n) is 5.05. The van der Waals surface area contributed by atoms with Crippen molar-refractivity contribution in [2.24, 2.45) is 0 Å². The SMILES string of the molecule is O=C(O)c1cc(S(=O)(=O)NC2C=CS(=O)(=O)C2)c[nH]1. The standard InChI is InChI=1S/C9H10N2O6S2/c12-9(13)8-3-7(4-10-8)19(16,17)11-6-1-2-18(14,15)5-6/h1-4,6,10-11H,5H2,(H,12,13). The topological polar surface area (TPSA) is 133 Å². The van der Waals surface area contributed by atoms with Crippen molar-refractivity contribution in [2.75, 3.05) is 5.75 Å². The molecule has 0 saturated heterocycles. The van der Waals surface area contributed by atoms with E-state index in [9.17, 15) is 21.6 Å². The average Bonchev–Trinajstić information content (AvgIpc) is 2.84. The van der Waals surface area contributed by atoms with E-state index < -0.39 is 31.9 Å². The van der Waals surface area contributed by atoms with Crippen LogP contribution in [0.2, 0.25) is 0 Å². The molecule has 19 heavy (non-hydrogen) atoms. The van der Waals surface area contributed by atoms with Crippen molar-refractivity contribution in [3.8, 4) is 0 Å². The maximum Gasteiger partial charge on any atom is 0.352 e. The van der Waals surface area contributed by atoms with E-state index in [0.717, 1.165) is 17.7 Å². The average molecular weight is 306 g/mol. The molecule has 1 aromatic rings. The number of nitrogens with one attached hydrogen (secondary N) is 2. The van der Waals surface area contributed by atoms with Crippen LogP contribution in [0.4, 0.5) is 0 Å². The number of rotatable bonds is 4. The van der Waals surface area contributed by atoms with E-state index in [-0.39, 0.29) is 16.3 Å². The lowest BCUT2D eigenvalue weighted by atomic mass is 10.4. The molecule has 10 heteroatoms. The monoisotopic (exact) mass is 306 g/mol. The summed E-state index contributed by atoms with van der Waals surface area (Å²) >= 11 is 0. The predicted octanol–water partition coefficient (Wildman–Crippen LogP) is -0.698. The van der Waals surface area contributed by atoms with Gasteiger partial charge in [-0.15, -0.1) is 0 Å². The Labute approximate surface area is 109 Å². The number of aromatic carboxylic acids is 1. The highest BCUT2D eigenvalue weighted by molar-refractivity contribution is 7.94. The first-order valence-corrected chi connectivity index (χ1v) is 8.24. The lowest BCUT2D eigenvalue weighted by Gasteiger charge is -2.09. The third-order valence-corrected chi connectivity index (χ3v) is 5.30. The van der Waals surface area contributed by atoms with Gasteiger partial charge in [0.1, 0.15) is 10.6 Å². The summed E-state index contributed by atoms with van der Waals surface area (Å²) in [5.41, 5.74) is -0.269. The highest BCUT2D eigenvalue weighted by Crippen LogP contribution is 2.14. The first kappa shape index (κ1) is 13.8. The minimum atomic E-state index is -3.97. The Balaban J connectivity index is 2.19. The number of H-pyrrole nitrogens is 1. The molecule has 0 bridgehead atoms. The molecule has 0 radical (unpaired) electrons. The minimum Gasteiger partial charge on any atom is -0.477 e. The summed E-state index contributed by atoms with van der Waals surface area (Å²) in [6.07, 6.45) is 2.26. The summed E-state index contributed by atoms with van der Waals surface area (Å²) in [6, 6.07) is 0.107.